The number of nitrogens with zero attached hydrogens (tertiary/aromatic N) is 1. The lowest BCUT2D eigenvalue weighted by Crippen LogP contribution is -2.31. The van der Waals surface area contributed by atoms with E-state index in [-0.39, 0.29) is 6.10 Å². The van der Waals surface area contributed by atoms with Crippen LogP contribution in [0.1, 0.15) is 5.56 Å². The van der Waals surface area contributed by atoms with Crippen molar-refractivity contribution in [3.8, 4) is 0 Å². The summed E-state index contributed by atoms with van der Waals surface area (Å²) in [5, 5.41) is 10.1. The predicted molar refractivity (Wildman–Crippen MR) is 67.4 cm³/mol. The first-order valence-corrected chi connectivity index (χ1v) is 6.31. The summed E-state index contributed by atoms with van der Waals surface area (Å²) in [4.78, 5) is 2.15. The summed E-state index contributed by atoms with van der Waals surface area (Å²) in [6, 6.07) is 10.4. The number of likely N-dealkylation sites (N-methyl/N-ethyl adjacent to an activating group) is 1. The van der Waals surface area contributed by atoms with Crippen LogP contribution in [0.25, 0.3) is 0 Å². The lowest BCUT2D eigenvalue weighted by Gasteiger charge is -2.19. The Morgan fingerprint density at radius 3 is 2.60 bits per heavy atom. The Hall–Kier alpha value is -0.380. The van der Waals surface area contributed by atoms with Gasteiger partial charge < -0.3 is 10.0 Å². The van der Waals surface area contributed by atoms with Gasteiger partial charge in [-0.25, -0.2) is 0 Å². The van der Waals surface area contributed by atoms with Crippen molar-refractivity contribution in [1.82, 2.24) is 4.90 Å². The molecule has 0 aromatic heterocycles. The molecule has 3 heteroatoms. The van der Waals surface area contributed by atoms with E-state index in [2.05, 4.69) is 45.1 Å². The third kappa shape index (κ3) is 5.30. The van der Waals surface area contributed by atoms with E-state index in [9.17, 15) is 5.11 Å². The molecule has 1 unspecified atom stereocenters. The molecule has 0 fully saturated rings. The maximum Gasteiger partial charge on any atom is 0.0763 e. The highest BCUT2D eigenvalue weighted by Crippen LogP contribution is 2.01. The molecule has 1 aromatic carbocycles. The van der Waals surface area contributed by atoms with Gasteiger partial charge in [-0.15, -0.1) is 0 Å². The molecule has 0 saturated carbocycles. The van der Waals surface area contributed by atoms with Gasteiger partial charge in [0.25, 0.3) is 0 Å². The Balaban J connectivity index is 2.25. The van der Waals surface area contributed by atoms with E-state index in [1.54, 1.807) is 0 Å². The molecular formula is C12H18BrNO. The summed E-state index contributed by atoms with van der Waals surface area (Å²) in [5.41, 5.74) is 1.35. The summed E-state index contributed by atoms with van der Waals surface area (Å²) in [6.07, 6.45) is 0.762. The van der Waals surface area contributed by atoms with E-state index in [0.717, 1.165) is 19.5 Å². The van der Waals surface area contributed by atoms with Gasteiger partial charge in [0.1, 0.15) is 0 Å². The maximum atomic E-state index is 9.44. The van der Waals surface area contributed by atoms with Crippen LogP contribution < -0.4 is 0 Å². The number of hydrogen-bond donors (Lipinski definition) is 1. The maximum absolute atomic E-state index is 9.44. The summed E-state index contributed by atoms with van der Waals surface area (Å²) >= 11 is 3.26. The Morgan fingerprint density at radius 2 is 2.00 bits per heavy atom. The molecule has 84 valence electrons. The van der Waals surface area contributed by atoms with Gasteiger partial charge in [0.05, 0.1) is 6.10 Å². The molecule has 15 heavy (non-hydrogen) atoms. The minimum absolute atomic E-state index is 0.272. The number of rotatable bonds is 6. The highest BCUT2D eigenvalue weighted by molar-refractivity contribution is 9.09. The first-order valence-electron chi connectivity index (χ1n) is 5.19. The number of halogens is 1. The third-order valence-electron chi connectivity index (χ3n) is 2.33. The van der Waals surface area contributed by atoms with E-state index in [1.165, 1.54) is 5.56 Å². The van der Waals surface area contributed by atoms with Crippen LogP contribution in [0.15, 0.2) is 30.3 Å². The van der Waals surface area contributed by atoms with Crippen molar-refractivity contribution in [3.63, 3.8) is 0 Å². The molecule has 1 atom stereocenters. The van der Waals surface area contributed by atoms with Gasteiger partial charge in [-0.2, -0.15) is 0 Å². The fourth-order valence-corrected chi connectivity index (χ4v) is 1.67. The summed E-state index contributed by atoms with van der Waals surface area (Å²) < 4.78 is 0. The van der Waals surface area contributed by atoms with Gasteiger partial charge in [0, 0.05) is 18.4 Å². The van der Waals surface area contributed by atoms with Crippen molar-refractivity contribution >= 4 is 15.9 Å². The zero-order chi connectivity index (χ0) is 11.1. The van der Waals surface area contributed by atoms with E-state index >= 15 is 0 Å². The SMILES string of the molecule is CN(CCc1ccccc1)CC(O)CBr. The van der Waals surface area contributed by atoms with Crippen LogP contribution in [0, 0.1) is 0 Å². The van der Waals surface area contributed by atoms with Gasteiger partial charge in [-0.05, 0) is 19.0 Å². The van der Waals surface area contributed by atoms with Gasteiger partial charge >= 0.3 is 0 Å². The number of aliphatic hydroxyl groups is 1. The van der Waals surface area contributed by atoms with Crippen molar-refractivity contribution < 1.29 is 5.11 Å². The van der Waals surface area contributed by atoms with Crippen LogP contribution in [0.4, 0.5) is 0 Å². The number of hydrogen-bond acceptors (Lipinski definition) is 2. The van der Waals surface area contributed by atoms with Crippen molar-refractivity contribution in [1.29, 1.82) is 0 Å². The predicted octanol–water partition coefficient (Wildman–Crippen LogP) is 1.92. The highest BCUT2D eigenvalue weighted by atomic mass is 79.9. The molecular weight excluding hydrogens is 254 g/mol. The lowest BCUT2D eigenvalue weighted by molar-refractivity contribution is 0.147. The third-order valence-corrected chi connectivity index (χ3v) is 3.07. The topological polar surface area (TPSA) is 23.5 Å². The van der Waals surface area contributed by atoms with Crippen molar-refractivity contribution in [2.75, 3.05) is 25.5 Å². The Bertz CT molecular complexity index is 266. The van der Waals surface area contributed by atoms with Crippen molar-refractivity contribution in [2.45, 2.75) is 12.5 Å². The number of benzene rings is 1. The fraction of sp³-hybridized carbons (Fsp3) is 0.500. The molecule has 0 heterocycles. The average Bonchev–Trinajstić information content (AvgIpc) is 2.27. The zero-order valence-corrected chi connectivity index (χ0v) is 10.7. The standard InChI is InChI=1S/C12H18BrNO/c1-14(10-12(15)9-13)8-7-11-5-3-2-4-6-11/h2-6,12,15H,7-10H2,1H3. The molecule has 0 aliphatic heterocycles. The Kier molecular flexibility index (Phi) is 5.91. The number of aliphatic hydroxyl groups excluding tert-OH is 1. The second kappa shape index (κ2) is 6.99. The second-order valence-corrected chi connectivity index (χ2v) is 4.45. The Morgan fingerprint density at radius 1 is 1.33 bits per heavy atom. The average molecular weight is 272 g/mol. The van der Waals surface area contributed by atoms with Crippen LogP contribution in [0.5, 0.6) is 0 Å². The smallest absolute Gasteiger partial charge is 0.0763 e. The molecule has 0 bridgehead atoms. The molecule has 0 radical (unpaired) electrons. The molecule has 0 aliphatic rings. The van der Waals surface area contributed by atoms with Crippen LogP contribution in [0.2, 0.25) is 0 Å². The van der Waals surface area contributed by atoms with Crippen LogP contribution >= 0.6 is 15.9 Å². The summed E-state index contributed by atoms with van der Waals surface area (Å²) in [7, 11) is 2.04. The molecule has 0 aliphatic carbocycles. The largest absolute Gasteiger partial charge is 0.391 e. The quantitative estimate of drug-likeness (QED) is 0.800. The van der Waals surface area contributed by atoms with Crippen molar-refractivity contribution in [2.24, 2.45) is 0 Å². The van der Waals surface area contributed by atoms with E-state index in [1.807, 2.05) is 13.1 Å². The minimum atomic E-state index is -0.272. The summed E-state index contributed by atoms with van der Waals surface area (Å²) in [6.45, 7) is 1.70. The first kappa shape index (κ1) is 12.7. The van der Waals surface area contributed by atoms with Crippen LogP contribution in [0.3, 0.4) is 0 Å². The van der Waals surface area contributed by atoms with E-state index < -0.39 is 0 Å². The highest BCUT2D eigenvalue weighted by Gasteiger charge is 2.05. The molecule has 2 nitrogen and oxygen atoms in total. The number of alkyl halides is 1. The second-order valence-electron chi connectivity index (χ2n) is 3.81. The molecule has 0 spiro atoms. The fourth-order valence-electron chi connectivity index (χ4n) is 1.46. The van der Waals surface area contributed by atoms with Gasteiger partial charge in [-0.3, -0.25) is 0 Å². The Labute approximate surface area is 100 Å². The summed E-state index contributed by atoms with van der Waals surface area (Å²) in [5.74, 6) is 0. The van der Waals surface area contributed by atoms with Gasteiger partial charge in [0.15, 0.2) is 0 Å². The van der Waals surface area contributed by atoms with E-state index in [0.29, 0.717) is 5.33 Å². The van der Waals surface area contributed by atoms with Crippen LogP contribution in [-0.4, -0.2) is 41.6 Å². The first-order chi connectivity index (χ1) is 7.22. The normalized spacial score (nSPS) is 13.1. The van der Waals surface area contributed by atoms with Crippen LogP contribution in [-0.2, 0) is 6.42 Å². The van der Waals surface area contributed by atoms with Crippen molar-refractivity contribution in [3.05, 3.63) is 35.9 Å². The molecule has 1 rings (SSSR count). The monoisotopic (exact) mass is 271 g/mol. The van der Waals surface area contributed by atoms with Gasteiger partial charge in [-0.1, -0.05) is 46.3 Å². The molecule has 1 aromatic rings. The van der Waals surface area contributed by atoms with Gasteiger partial charge in [0.2, 0.25) is 0 Å². The minimum Gasteiger partial charge on any atom is -0.391 e. The zero-order valence-electron chi connectivity index (χ0n) is 9.06. The molecule has 0 saturated heterocycles. The lowest BCUT2D eigenvalue weighted by atomic mass is 10.1. The molecule has 0 amide bonds. The van der Waals surface area contributed by atoms with E-state index in [4.69, 9.17) is 0 Å². The molecule has 1 N–H and O–H groups in total.